The Morgan fingerprint density at radius 3 is 2.63 bits per heavy atom. The molecule has 30 heavy (non-hydrogen) atoms. The molecule has 1 aromatic carbocycles. The maximum atomic E-state index is 13.4. The number of aromatic nitrogens is 1. The number of anilines is 2. The SMILES string of the molecule is Cc1sccc1C(=O)Nc1ccc(C(=O)C2Nc3sccc3Cn3cccc32)cc1. The monoisotopic (exact) mass is 433 g/mol. The van der Waals surface area contributed by atoms with Crippen LogP contribution in [0.5, 0.6) is 0 Å². The molecule has 1 aliphatic heterocycles. The molecule has 3 aromatic heterocycles. The molecule has 2 N–H and O–H groups in total. The molecule has 0 saturated heterocycles. The van der Waals surface area contributed by atoms with Crippen LogP contribution in [0.3, 0.4) is 0 Å². The van der Waals surface area contributed by atoms with Crippen molar-refractivity contribution in [1.29, 1.82) is 0 Å². The van der Waals surface area contributed by atoms with Gasteiger partial charge in [-0.05, 0) is 66.2 Å². The van der Waals surface area contributed by atoms with Crippen LogP contribution in [0.4, 0.5) is 10.7 Å². The molecule has 1 atom stereocenters. The molecule has 1 aliphatic rings. The molecule has 1 amide bonds. The van der Waals surface area contributed by atoms with Crippen LogP contribution in [0.25, 0.3) is 0 Å². The molecule has 0 fully saturated rings. The molecule has 0 radical (unpaired) electrons. The van der Waals surface area contributed by atoms with Crippen molar-refractivity contribution >= 4 is 45.1 Å². The van der Waals surface area contributed by atoms with E-state index in [1.165, 1.54) is 5.56 Å². The lowest BCUT2D eigenvalue weighted by Crippen LogP contribution is -2.22. The van der Waals surface area contributed by atoms with Crippen molar-refractivity contribution in [3.8, 4) is 0 Å². The van der Waals surface area contributed by atoms with E-state index in [9.17, 15) is 9.59 Å². The lowest BCUT2D eigenvalue weighted by atomic mass is 10.0. The first-order valence-electron chi connectivity index (χ1n) is 9.58. The quantitative estimate of drug-likeness (QED) is 0.414. The van der Waals surface area contributed by atoms with Crippen LogP contribution < -0.4 is 10.6 Å². The lowest BCUT2D eigenvalue weighted by molar-refractivity contribution is 0.0966. The highest BCUT2D eigenvalue weighted by atomic mass is 32.1. The zero-order valence-corrected chi connectivity index (χ0v) is 17.8. The molecule has 0 spiro atoms. The third-order valence-corrected chi connectivity index (χ3v) is 7.05. The predicted molar refractivity (Wildman–Crippen MR) is 122 cm³/mol. The first-order chi connectivity index (χ1) is 14.6. The first-order valence-corrected chi connectivity index (χ1v) is 11.3. The van der Waals surface area contributed by atoms with E-state index >= 15 is 0 Å². The van der Waals surface area contributed by atoms with E-state index in [0.717, 1.165) is 22.1 Å². The number of nitrogens with one attached hydrogen (secondary N) is 2. The molecule has 4 heterocycles. The Morgan fingerprint density at radius 2 is 1.87 bits per heavy atom. The van der Waals surface area contributed by atoms with Gasteiger partial charge in [-0.3, -0.25) is 9.59 Å². The summed E-state index contributed by atoms with van der Waals surface area (Å²) in [7, 11) is 0. The van der Waals surface area contributed by atoms with E-state index in [1.807, 2.05) is 42.1 Å². The fourth-order valence-corrected chi connectivity index (χ4v) is 5.25. The average Bonchev–Trinajstić information content (AvgIpc) is 3.47. The van der Waals surface area contributed by atoms with Crippen LogP contribution >= 0.6 is 22.7 Å². The van der Waals surface area contributed by atoms with Gasteiger partial charge in [0.2, 0.25) is 0 Å². The van der Waals surface area contributed by atoms with Crippen molar-refractivity contribution in [2.24, 2.45) is 0 Å². The number of ketones is 1. The van der Waals surface area contributed by atoms with Crippen LogP contribution in [0.1, 0.15) is 42.9 Å². The van der Waals surface area contributed by atoms with E-state index in [-0.39, 0.29) is 11.7 Å². The summed E-state index contributed by atoms with van der Waals surface area (Å²) < 4.78 is 2.12. The van der Waals surface area contributed by atoms with Gasteiger partial charge in [0.05, 0.1) is 17.1 Å². The van der Waals surface area contributed by atoms with Crippen molar-refractivity contribution in [3.05, 3.63) is 92.7 Å². The Balaban J connectivity index is 1.38. The predicted octanol–water partition coefficient (Wildman–Crippen LogP) is 5.57. The molecular formula is C23H19N3O2S2. The Labute approximate surface area is 182 Å². The summed E-state index contributed by atoms with van der Waals surface area (Å²) >= 11 is 3.16. The largest absolute Gasteiger partial charge is 0.362 e. The summed E-state index contributed by atoms with van der Waals surface area (Å²) in [6, 6.07) is 14.5. The third-order valence-electron chi connectivity index (χ3n) is 5.32. The molecule has 5 nitrogen and oxygen atoms in total. The lowest BCUT2D eigenvalue weighted by Gasteiger charge is -2.17. The second kappa shape index (κ2) is 7.59. The number of hydrogen-bond donors (Lipinski definition) is 2. The van der Waals surface area contributed by atoms with E-state index in [0.29, 0.717) is 16.8 Å². The topological polar surface area (TPSA) is 63.1 Å². The summed E-state index contributed by atoms with van der Waals surface area (Å²) in [6.45, 7) is 2.68. The molecule has 0 bridgehead atoms. The van der Waals surface area contributed by atoms with Gasteiger partial charge in [0.1, 0.15) is 6.04 Å². The molecule has 4 aromatic rings. The summed E-state index contributed by atoms with van der Waals surface area (Å²) in [6.07, 6.45) is 2.01. The van der Waals surface area contributed by atoms with Crippen LogP contribution in [-0.2, 0) is 6.54 Å². The Hall–Kier alpha value is -3.16. The molecule has 0 aliphatic carbocycles. The summed E-state index contributed by atoms with van der Waals surface area (Å²) in [5, 5.41) is 11.3. The second-order valence-electron chi connectivity index (χ2n) is 7.20. The number of hydrogen-bond acceptors (Lipinski definition) is 5. The smallest absolute Gasteiger partial charge is 0.256 e. The number of benzene rings is 1. The average molecular weight is 434 g/mol. The van der Waals surface area contributed by atoms with E-state index < -0.39 is 6.04 Å². The van der Waals surface area contributed by atoms with Crippen LogP contribution in [0.2, 0.25) is 0 Å². The van der Waals surface area contributed by atoms with Crippen molar-refractivity contribution < 1.29 is 9.59 Å². The Morgan fingerprint density at radius 1 is 1.07 bits per heavy atom. The number of carbonyl (C=O) groups excluding carboxylic acids is 2. The van der Waals surface area contributed by atoms with Crippen LogP contribution in [-0.4, -0.2) is 16.3 Å². The molecule has 7 heteroatoms. The zero-order valence-electron chi connectivity index (χ0n) is 16.2. The molecule has 150 valence electrons. The standard InChI is InChI=1S/C23H19N3O2S2/c1-14-18(9-12-29-14)22(28)24-17-6-4-15(5-7-17)21(27)20-19-3-2-10-26(19)13-16-8-11-30-23(16)25-20/h2-12,20,25H,13H2,1H3,(H,24,28). The zero-order chi connectivity index (χ0) is 20.7. The summed E-state index contributed by atoms with van der Waals surface area (Å²) in [5.74, 6) is -0.135. The van der Waals surface area contributed by atoms with Crippen molar-refractivity contribution in [2.75, 3.05) is 10.6 Å². The van der Waals surface area contributed by atoms with Gasteiger partial charge in [0.25, 0.3) is 5.91 Å². The van der Waals surface area contributed by atoms with Gasteiger partial charge < -0.3 is 15.2 Å². The molecule has 1 unspecified atom stereocenters. The van der Waals surface area contributed by atoms with Gasteiger partial charge in [-0.2, -0.15) is 0 Å². The van der Waals surface area contributed by atoms with Gasteiger partial charge in [-0.1, -0.05) is 0 Å². The molecule has 5 rings (SSSR count). The van der Waals surface area contributed by atoms with Gasteiger partial charge in [-0.15, -0.1) is 22.7 Å². The highest BCUT2D eigenvalue weighted by Crippen LogP contribution is 2.34. The minimum atomic E-state index is -0.450. The maximum Gasteiger partial charge on any atom is 0.256 e. The van der Waals surface area contributed by atoms with E-state index in [2.05, 4.69) is 21.3 Å². The number of carbonyl (C=O) groups is 2. The summed E-state index contributed by atoms with van der Waals surface area (Å²) in [4.78, 5) is 26.8. The van der Waals surface area contributed by atoms with Gasteiger partial charge >= 0.3 is 0 Å². The Bertz CT molecular complexity index is 1230. The number of Topliss-reactive ketones (excluding diaryl/α,β-unsaturated/α-hetero) is 1. The van der Waals surface area contributed by atoms with Gasteiger partial charge in [0, 0.05) is 33.6 Å². The minimum absolute atomic E-state index is 0.00255. The highest BCUT2D eigenvalue weighted by Gasteiger charge is 2.28. The fourth-order valence-electron chi connectivity index (χ4n) is 3.71. The van der Waals surface area contributed by atoms with Crippen molar-refractivity contribution in [3.63, 3.8) is 0 Å². The third kappa shape index (κ3) is 3.36. The maximum absolute atomic E-state index is 13.4. The molecular weight excluding hydrogens is 414 g/mol. The van der Waals surface area contributed by atoms with Crippen LogP contribution in [0, 0.1) is 6.92 Å². The van der Waals surface area contributed by atoms with E-state index in [4.69, 9.17) is 0 Å². The first kappa shape index (κ1) is 18.8. The molecule has 0 saturated carbocycles. The number of nitrogens with zero attached hydrogens (tertiary/aromatic N) is 1. The second-order valence-corrected chi connectivity index (χ2v) is 9.24. The number of amides is 1. The van der Waals surface area contributed by atoms with Gasteiger partial charge in [-0.25, -0.2) is 0 Å². The fraction of sp³-hybridized carbons (Fsp3) is 0.130. The van der Waals surface area contributed by atoms with E-state index in [1.54, 1.807) is 46.9 Å². The number of thiophene rings is 2. The highest BCUT2D eigenvalue weighted by molar-refractivity contribution is 7.14. The summed E-state index contributed by atoms with van der Waals surface area (Å²) in [5.41, 5.74) is 4.09. The minimum Gasteiger partial charge on any atom is -0.362 e. The van der Waals surface area contributed by atoms with Crippen molar-refractivity contribution in [2.45, 2.75) is 19.5 Å². The van der Waals surface area contributed by atoms with Crippen molar-refractivity contribution in [1.82, 2.24) is 4.57 Å². The number of aryl methyl sites for hydroxylation is 1. The number of rotatable bonds is 4. The Kier molecular flexibility index (Phi) is 4.77. The van der Waals surface area contributed by atoms with Crippen LogP contribution in [0.15, 0.2) is 65.5 Å². The van der Waals surface area contributed by atoms with Gasteiger partial charge in [0.15, 0.2) is 5.78 Å². The number of fused-ring (bicyclic) bond motifs is 2. The normalized spacial score (nSPS) is 14.9.